The average molecular weight is 455 g/mol. The molecule has 0 bridgehead atoms. The summed E-state index contributed by atoms with van der Waals surface area (Å²) in [5, 5.41) is 0. The molecule has 0 unspecified atom stereocenters. The van der Waals surface area contributed by atoms with Gasteiger partial charge in [-0.05, 0) is 30.3 Å². The number of halogens is 3. The standard InChI is InChI=1S/C20H20NO2.CHF3O3S/c1-21-17(15-22-19-11-4-2-5-12-19)9-8-10-18(21)16-23-20-13-6-3-7-14-20;2-1(3,4)8(5,6)7/h2-14H,15-16H2,1H3;(H,5,6,7)/q+1;/p-1. The van der Waals surface area contributed by atoms with Gasteiger partial charge in [-0.25, -0.2) is 8.42 Å². The molecule has 1 aromatic heterocycles. The lowest BCUT2D eigenvalue weighted by molar-refractivity contribution is -0.689. The number of ether oxygens (including phenoxy) is 2. The molecular weight excluding hydrogens is 435 g/mol. The van der Waals surface area contributed by atoms with Gasteiger partial charge >= 0.3 is 5.51 Å². The summed E-state index contributed by atoms with van der Waals surface area (Å²) < 4.78 is 72.7. The van der Waals surface area contributed by atoms with Crippen LogP contribution >= 0.6 is 0 Å². The van der Waals surface area contributed by atoms with Gasteiger partial charge in [0, 0.05) is 12.1 Å². The van der Waals surface area contributed by atoms with Crippen molar-refractivity contribution < 1.29 is 40.2 Å². The Morgan fingerprint density at radius 1 is 0.774 bits per heavy atom. The van der Waals surface area contributed by atoms with E-state index in [1.165, 1.54) is 0 Å². The van der Waals surface area contributed by atoms with E-state index in [1.54, 1.807) is 0 Å². The Morgan fingerprint density at radius 3 is 1.45 bits per heavy atom. The van der Waals surface area contributed by atoms with E-state index in [-0.39, 0.29) is 0 Å². The average Bonchev–Trinajstić information content (AvgIpc) is 2.73. The highest BCUT2D eigenvalue weighted by Gasteiger charge is 2.36. The summed E-state index contributed by atoms with van der Waals surface area (Å²) in [7, 11) is -4.06. The van der Waals surface area contributed by atoms with Crippen molar-refractivity contribution in [2.24, 2.45) is 7.05 Å². The second-order valence-electron chi connectivity index (χ2n) is 6.17. The molecule has 6 nitrogen and oxygen atoms in total. The number of nitrogens with zero attached hydrogens (tertiary/aromatic N) is 1. The molecule has 0 aliphatic heterocycles. The van der Waals surface area contributed by atoms with Crippen LogP contribution in [0.4, 0.5) is 13.2 Å². The number of benzene rings is 2. The summed E-state index contributed by atoms with van der Waals surface area (Å²) in [4.78, 5) is 0. The number of rotatable bonds is 6. The molecule has 1 heterocycles. The normalized spacial score (nSPS) is 11.3. The molecule has 3 rings (SSSR count). The van der Waals surface area contributed by atoms with Gasteiger partial charge in [-0.1, -0.05) is 36.4 Å². The molecule has 0 N–H and O–H groups in total. The topological polar surface area (TPSA) is 79.5 Å². The molecule has 3 aromatic rings. The molecule has 0 atom stereocenters. The van der Waals surface area contributed by atoms with Crippen molar-refractivity contribution in [1.29, 1.82) is 0 Å². The maximum Gasteiger partial charge on any atom is 0.485 e. The van der Waals surface area contributed by atoms with Crippen molar-refractivity contribution in [3.05, 3.63) is 90.3 Å². The lowest BCUT2D eigenvalue weighted by Crippen LogP contribution is -2.39. The summed E-state index contributed by atoms with van der Waals surface area (Å²) in [5.41, 5.74) is -3.45. The van der Waals surface area contributed by atoms with E-state index in [4.69, 9.17) is 22.4 Å². The molecule has 10 heteroatoms. The van der Waals surface area contributed by atoms with Gasteiger partial charge in [0.05, 0.1) is 0 Å². The van der Waals surface area contributed by atoms with Crippen molar-refractivity contribution in [2.45, 2.75) is 18.7 Å². The van der Waals surface area contributed by atoms with Crippen LogP contribution in [0.15, 0.2) is 78.9 Å². The summed E-state index contributed by atoms with van der Waals surface area (Å²) in [6.45, 7) is 1.05. The van der Waals surface area contributed by atoms with Crippen LogP contribution in [0.5, 0.6) is 11.5 Å². The molecule has 166 valence electrons. The van der Waals surface area contributed by atoms with Gasteiger partial charge in [0.1, 0.15) is 18.5 Å². The molecule has 0 aliphatic rings. The van der Waals surface area contributed by atoms with Gasteiger partial charge in [0.15, 0.2) is 23.3 Å². The van der Waals surface area contributed by atoms with Crippen molar-refractivity contribution in [3.63, 3.8) is 0 Å². The smallest absolute Gasteiger partial charge is 0.485 e. The zero-order valence-electron chi connectivity index (χ0n) is 16.5. The van der Waals surface area contributed by atoms with E-state index in [0.29, 0.717) is 13.2 Å². The molecule has 31 heavy (non-hydrogen) atoms. The van der Waals surface area contributed by atoms with Crippen LogP contribution in [0.25, 0.3) is 0 Å². The number of aromatic nitrogens is 1. The van der Waals surface area contributed by atoms with E-state index < -0.39 is 15.6 Å². The molecular formula is C21H20F3NO5S. The monoisotopic (exact) mass is 455 g/mol. The Morgan fingerprint density at radius 2 is 1.13 bits per heavy atom. The second kappa shape index (κ2) is 10.8. The molecule has 0 saturated heterocycles. The molecule has 0 aliphatic carbocycles. The van der Waals surface area contributed by atoms with Crippen LogP contribution in [-0.4, -0.2) is 18.5 Å². The first-order valence-corrected chi connectivity index (χ1v) is 10.3. The van der Waals surface area contributed by atoms with Gasteiger partial charge in [-0.15, -0.1) is 0 Å². The Labute approximate surface area is 178 Å². The largest absolute Gasteiger partial charge is 0.741 e. The first-order chi connectivity index (χ1) is 14.6. The number of alkyl halides is 3. The van der Waals surface area contributed by atoms with Crippen LogP contribution in [0.2, 0.25) is 0 Å². The summed E-state index contributed by atoms with van der Waals surface area (Å²) in [6.07, 6.45) is 0. The van der Waals surface area contributed by atoms with E-state index in [9.17, 15) is 13.2 Å². The maximum absolute atomic E-state index is 10.7. The Kier molecular flexibility index (Phi) is 8.40. The van der Waals surface area contributed by atoms with Crippen molar-refractivity contribution in [3.8, 4) is 11.5 Å². The molecule has 0 saturated carbocycles. The minimum atomic E-state index is -6.09. The third kappa shape index (κ3) is 7.91. The molecule has 0 amide bonds. The number of hydrogen-bond donors (Lipinski definition) is 0. The summed E-state index contributed by atoms with van der Waals surface area (Å²) in [5.74, 6) is 1.75. The van der Waals surface area contributed by atoms with Gasteiger partial charge in [-0.2, -0.15) is 17.7 Å². The van der Waals surface area contributed by atoms with E-state index in [1.807, 2.05) is 73.8 Å². The van der Waals surface area contributed by atoms with Crippen LogP contribution in [0.3, 0.4) is 0 Å². The van der Waals surface area contributed by atoms with E-state index in [0.717, 1.165) is 22.9 Å². The molecule has 2 aromatic carbocycles. The van der Waals surface area contributed by atoms with Gasteiger partial charge < -0.3 is 14.0 Å². The highest BCUT2D eigenvalue weighted by molar-refractivity contribution is 7.86. The van der Waals surface area contributed by atoms with Crippen LogP contribution < -0.4 is 14.0 Å². The van der Waals surface area contributed by atoms with Gasteiger partial charge in [-0.3, -0.25) is 0 Å². The minimum absolute atomic E-state index is 0.527. The zero-order chi connectivity index (χ0) is 22.9. The fraction of sp³-hybridized carbons (Fsp3) is 0.190. The van der Waals surface area contributed by atoms with Crippen LogP contribution in [0.1, 0.15) is 11.4 Å². The summed E-state index contributed by atoms with van der Waals surface area (Å²) in [6, 6.07) is 25.9. The molecule has 0 spiro atoms. The maximum atomic E-state index is 10.7. The second-order valence-corrected chi connectivity index (χ2v) is 7.54. The molecule has 0 fully saturated rings. The Hall–Kier alpha value is -3.11. The minimum Gasteiger partial charge on any atom is -0.741 e. The van der Waals surface area contributed by atoms with E-state index >= 15 is 0 Å². The first kappa shape index (κ1) is 24.2. The van der Waals surface area contributed by atoms with Gasteiger partial charge in [0.2, 0.25) is 11.4 Å². The Balaban J connectivity index is 0.000000366. The van der Waals surface area contributed by atoms with Crippen molar-refractivity contribution >= 4 is 10.1 Å². The Bertz CT molecular complexity index is 998. The third-order valence-electron chi connectivity index (χ3n) is 3.98. The molecule has 0 radical (unpaired) electrons. The number of pyridine rings is 1. The predicted octanol–water partition coefficient (Wildman–Crippen LogP) is 3.72. The van der Waals surface area contributed by atoms with Crippen molar-refractivity contribution in [2.75, 3.05) is 0 Å². The highest BCUT2D eigenvalue weighted by atomic mass is 32.2. The fourth-order valence-corrected chi connectivity index (χ4v) is 2.32. The third-order valence-corrected chi connectivity index (χ3v) is 4.55. The predicted molar refractivity (Wildman–Crippen MR) is 105 cm³/mol. The lowest BCUT2D eigenvalue weighted by atomic mass is 10.3. The fourth-order valence-electron chi connectivity index (χ4n) is 2.32. The number of hydrogen-bond acceptors (Lipinski definition) is 5. The zero-order valence-corrected chi connectivity index (χ0v) is 17.3. The number of para-hydroxylation sites is 2. The first-order valence-electron chi connectivity index (χ1n) is 8.92. The SMILES string of the molecule is C[n+]1c(COc2ccccc2)cccc1COc1ccccc1.O=S(=O)([O-])C(F)(F)F. The van der Waals surface area contributed by atoms with E-state index in [2.05, 4.69) is 16.7 Å². The quantitative estimate of drug-likeness (QED) is 0.322. The van der Waals surface area contributed by atoms with Crippen molar-refractivity contribution in [1.82, 2.24) is 0 Å². The summed E-state index contributed by atoms with van der Waals surface area (Å²) >= 11 is 0. The lowest BCUT2D eigenvalue weighted by Gasteiger charge is -2.08. The highest BCUT2D eigenvalue weighted by Crippen LogP contribution is 2.20. The van der Waals surface area contributed by atoms with Gasteiger partial charge in [0.25, 0.3) is 0 Å². The van der Waals surface area contributed by atoms with Crippen LogP contribution in [-0.2, 0) is 30.4 Å². The van der Waals surface area contributed by atoms with Crippen LogP contribution in [0, 0.1) is 0 Å².